The SMILES string of the molecule is CCCCCCn1nnc(Br)c1C(F)(F)F. The number of aryl methyl sites for hydroxylation is 1. The van der Waals surface area contributed by atoms with Gasteiger partial charge in [0.2, 0.25) is 0 Å². The summed E-state index contributed by atoms with van der Waals surface area (Å²) >= 11 is 2.76. The van der Waals surface area contributed by atoms with Gasteiger partial charge >= 0.3 is 6.18 Å². The Labute approximate surface area is 100 Å². The van der Waals surface area contributed by atoms with Crippen molar-refractivity contribution in [3.05, 3.63) is 10.3 Å². The summed E-state index contributed by atoms with van der Waals surface area (Å²) in [5.41, 5.74) is -0.802. The predicted octanol–water partition coefficient (Wildman–Crippen LogP) is 3.64. The molecule has 0 radical (unpaired) electrons. The summed E-state index contributed by atoms with van der Waals surface area (Å²) in [5.74, 6) is 0. The first kappa shape index (κ1) is 13.5. The van der Waals surface area contributed by atoms with Gasteiger partial charge in [-0.3, -0.25) is 0 Å². The molecule has 3 nitrogen and oxygen atoms in total. The van der Waals surface area contributed by atoms with Gasteiger partial charge < -0.3 is 0 Å². The maximum Gasteiger partial charge on any atom is 0.435 e. The lowest BCUT2D eigenvalue weighted by atomic mass is 10.2. The van der Waals surface area contributed by atoms with Crippen molar-refractivity contribution in [1.29, 1.82) is 0 Å². The third-order valence-corrected chi connectivity index (χ3v) is 2.72. The van der Waals surface area contributed by atoms with Crippen molar-refractivity contribution in [2.75, 3.05) is 0 Å². The van der Waals surface area contributed by atoms with E-state index in [-0.39, 0.29) is 11.1 Å². The Kier molecular flexibility index (Phi) is 4.76. The van der Waals surface area contributed by atoms with Gasteiger partial charge in [-0.2, -0.15) is 13.2 Å². The van der Waals surface area contributed by atoms with E-state index in [4.69, 9.17) is 0 Å². The molecule has 0 amide bonds. The van der Waals surface area contributed by atoms with Crippen molar-refractivity contribution in [1.82, 2.24) is 15.0 Å². The van der Waals surface area contributed by atoms with E-state index in [1.54, 1.807) is 0 Å². The first-order valence-electron chi connectivity index (χ1n) is 5.13. The molecule has 0 aliphatic carbocycles. The van der Waals surface area contributed by atoms with Crippen LogP contribution >= 0.6 is 15.9 Å². The fourth-order valence-electron chi connectivity index (χ4n) is 1.40. The predicted molar refractivity (Wildman–Crippen MR) is 56.9 cm³/mol. The minimum Gasteiger partial charge on any atom is -0.239 e. The van der Waals surface area contributed by atoms with Gasteiger partial charge in [0, 0.05) is 6.54 Å². The van der Waals surface area contributed by atoms with Crippen LogP contribution in [0.15, 0.2) is 4.60 Å². The van der Waals surface area contributed by atoms with Crippen LogP contribution in [0.3, 0.4) is 0 Å². The molecule has 0 atom stereocenters. The van der Waals surface area contributed by atoms with Gasteiger partial charge in [-0.15, -0.1) is 5.10 Å². The van der Waals surface area contributed by atoms with E-state index in [1.807, 2.05) is 6.92 Å². The Bertz CT molecular complexity index is 335. The highest BCUT2D eigenvalue weighted by Gasteiger charge is 2.38. The zero-order chi connectivity index (χ0) is 12.2. The number of unbranched alkanes of at least 4 members (excludes halogenated alkanes) is 3. The standard InChI is InChI=1S/C9H13BrF3N3/c1-2-3-4-5-6-16-7(9(11,12)13)8(10)14-15-16/h2-6H2,1H3. The molecule has 0 fully saturated rings. The molecule has 0 aliphatic heterocycles. The van der Waals surface area contributed by atoms with Crippen molar-refractivity contribution < 1.29 is 13.2 Å². The lowest BCUT2D eigenvalue weighted by Gasteiger charge is -2.09. The van der Waals surface area contributed by atoms with Crippen LogP contribution in [0.4, 0.5) is 13.2 Å². The molecule has 0 saturated carbocycles. The van der Waals surface area contributed by atoms with Gasteiger partial charge in [-0.05, 0) is 22.4 Å². The lowest BCUT2D eigenvalue weighted by molar-refractivity contribution is -0.144. The zero-order valence-electron chi connectivity index (χ0n) is 8.89. The largest absolute Gasteiger partial charge is 0.435 e. The summed E-state index contributed by atoms with van der Waals surface area (Å²) in [6, 6.07) is 0. The summed E-state index contributed by atoms with van der Waals surface area (Å²) < 4.78 is 38.4. The highest BCUT2D eigenvalue weighted by Crippen LogP contribution is 2.33. The van der Waals surface area contributed by atoms with Crippen molar-refractivity contribution in [2.45, 2.75) is 45.3 Å². The smallest absolute Gasteiger partial charge is 0.239 e. The van der Waals surface area contributed by atoms with Crippen LogP contribution in [-0.4, -0.2) is 15.0 Å². The van der Waals surface area contributed by atoms with E-state index in [1.165, 1.54) is 0 Å². The van der Waals surface area contributed by atoms with Gasteiger partial charge in [-0.1, -0.05) is 31.4 Å². The van der Waals surface area contributed by atoms with Gasteiger partial charge in [0.15, 0.2) is 10.3 Å². The fraction of sp³-hybridized carbons (Fsp3) is 0.778. The maximum atomic E-state index is 12.6. The highest BCUT2D eigenvalue weighted by atomic mass is 79.9. The molecule has 0 saturated heterocycles. The monoisotopic (exact) mass is 299 g/mol. The van der Waals surface area contributed by atoms with Crippen molar-refractivity contribution in [2.24, 2.45) is 0 Å². The topological polar surface area (TPSA) is 30.7 Å². The molecule has 0 unspecified atom stereocenters. The normalized spacial score (nSPS) is 12.1. The number of halogens is 4. The Morgan fingerprint density at radius 2 is 1.94 bits per heavy atom. The highest BCUT2D eigenvalue weighted by molar-refractivity contribution is 9.10. The van der Waals surface area contributed by atoms with Crippen LogP contribution in [0.25, 0.3) is 0 Å². The first-order valence-corrected chi connectivity index (χ1v) is 5.92. The van der Waals surface area contributed by atoms with Crippen LogP contribution in [-0.2, 0) is 12.7 Å². The first-order chi connectivity index (χ1) is 7.46. The average Bonchev–Trinajstić information content (AvgIpc) is 2.54. The molecule has 1 heterocycles. The van der Waals surface area contributed by atoms with Crippen LogP contribution in [0.2, 0.25) is 0 Å². The third kappa shape index (κ3) is 3.47. The van der Waals surface area contributed by atoms with E-state index in [9.17, 15) is 13.2 Å². The Morgan fingerprint density at radius 1 is 1.25 bits per heavy atom. The molecular formula is C9H13BrF3N3. The van der Waals surface area contributed by atoms with E-state index in [0.29, 0.717) is 6.42 Å². The van der Waals surface area contributed by atoms with Crippen LogP contribution in [0, 0.1) is 0 Å². The summed E-state index contributed by atoms with van der Waals surface area (Å²) in [5, 5.41) is 6.87. The van der Waals surface area contributed by atoms with Crippen molar-refractivity contribution in [3.8, 4) is 0 Å². The quantitative estimate of drug-likeness (QED) is 0.777. The second-order valence-electron chi connectivity index (χ2n) is 3.51. The van der Waals surface area contributed by atoms with E-state index < -0.39 is 11.9 Å². The molecule has 0 N–H and O–H groups in total. The minimum atomic E-state index is -4.41. The maximum absolute atomic E-state index is 12.6. The minimum absolute atomic E-state index is 0.240. The van der Waals surface area contributed by atoms with E-state index >= 15 is 0 Å². The van der Waals surface area contributed by atoms with Gasteiger partial charge in [0.05, 0.1) is 0 Å². The third-order valence-electron chi connectivity index (χ3n) is 2.19. The second kappa shape index (κ2) is 5.65. The molecule has 16 heavy (non-hydrogen) atoms. The van der Waals surface area contributed by atoms with Crippen molar-refractivity contribution in [3.63, 3.8) is 0 Å². The van der Waals surface area contributed by atoms with Crippen LogP contribution in [0.5, 0.6) is 0 Å². The Balaban J connectivity index is 2.66. The summed E-state index contributed by atoms with van der Waals surface area (Å²) in [6.07, 6.45) is -0.741. The van der Waals surface area contributed by atoms with Gasteiger partial charge in [-0.25, -0.2) is 4.68 Å². The second-order valence-corrected chi connectivity index (χ2v) is 4.26. The molecule has 7 heteroatoms. The number of nitrogens with zero attached hydrogens (tertiary/aromatic N) is 3. The lowest BCUT2D eigenvalue weighted by Crippen LogP contribution is -2.15. The van der Waals surface area contributed by atoms with E-state index in [2.05, 4.69) is 26.2 Å². The molecule has 92 valence electrons. The van der Waals surface area contributed by atoms with Crippen LogP contribution < -0.4 is 0 Å². The molecule has 1 rings (SSSR count). The summed E-state index contributed by atoms with van der Waals surface area (Å²) in [7, 11) is 0. The molecule has 0 aliphatic rings. The zero-order valence-corrected chi connectivity index (χ0v) is 10.5. The molecule has 1 aromatic rings. The Hall–Kier alpha value is -0.590. The molecule has 0 aromatic carbocycles. The van der Waals surface area contributed by atoms with Gasteiger partial charge in [0.1, 0.15) is 0 Å². The molecule has 1 aromatic heterocycles. The number of hydrogen-bond acceptors (Lipinski definition) is 2. The fourth-order valence-corrected chi connectivity index (χ4v) is 1.90. The number of alkyl halides is 3. The van der Waals surface area contributed by atoms with E-state index in [0.717, 1.165) is 23.9 Å². The molecular weight excluding hydrogens is 287 g/mol. The van der Waals surface area contributed by atoms with Crippen LogP contribution in [0.1, 0.15) is 38.3 Å². The number of aromatic nitrogens is 3. The summed E-state index contributed by atoms with van der Waals surface area (Å²) in [6.45, 7) is 2.31. The number of hydrogen-bond donors (Lipinski definition) is 0. The van der Waals surface area contributed by atoms with Gasteiger partial charge in [0.25, 0.3) is 0 Å². The van der Waals surface area contributed by atoms with Crippen molar-refractivity contribution >= 4 is 15.9 Å². The molecule has 0 spiro atoms. The number of rotatable bonds is 5. The Morgan fingerprint density at radius 3 is 2.50 bits per heavy atom. The summed E-state index contributed by atoms with van der Waals surface area (Å²) in [4.78, 5) is 0. The molecule has 0 bridgehead atoms. The average molecular weight is 300 g/mol.